The van der Waals surface area contributed by atoms with Gasteiger partial charge in [-0.3, -0.25) is 10.2 Å². The van der Waals surface area contributed by atoms with Gasteiger partial charge in [-0.05, 0) is 63.2 Å². The Balaban J connectivity index is 1.56. The van der Waals surface area contributed by atoms with Crippen LogP contribution in [0.2, 0.25) is 0 Å². The van der Waals surface area contributed by atoms with Crippen LogP contribution in [0.15, 0.2) is 30.1 Å². The van der Waals surface area contributed by atoms with Crippen LogP contribution in [0.25, 0.3) is 5.65 Å². The number of fused-ring (bicyclic) bond motifs is 4. The summed E-state index contributed by atoms with van der Waals surface area (Å²) < 4.78 is 6.74. The highest BCUT2D eigenvalue weighted by atomic mass is 16.5. The van der Waals surface area contributed by atoms with Gasteiger partial charge in [-0.2, -0.15) is 0 Å². The Morgan fingerprint density at radius 2 is 2.00 bits per heavy atom. The molecule has 0 amide bonds. The number of nitrogens with two attached hydrogens (primary N) is 1. The molecule has 3 aliphatic carbocycles. The number of nitrogens with zero attached hydrogens (tertiary/aromatic N) is 3. The Morgan fingerprint density at radius 3 is 2.62 bits per heavy atom. The van der Waals surface area contributed by atoms with Crippen LogP contribution >= 0.6 is 0 Å². The Bertz CT molecular complexity index is 968. The third-order valence-electron chi connectivity index (χ3n) is 6.63. The molecule has 2 heterocycles. The summed E-state index contributed by atoms with van der Waals surface area (Å²) in [6, 6.07) is 3.83. The maximum absolute atomic E-state index is 12.2. The predicted molar refractivity (Wildman–Crippen MR) is 111 cm³/mol. The molecule has 8 nitrogen and oxygen atoms in total. The molecule has 3 fully saturated rings. The number of carbonyl (C=O) groups is 1. The first kappa shape index (κ1) is 19.4. The fraction of sp³-hybridized carbons (Fsp3) is 0.524. The number of rotatable bonds is 6. The van der Waals surface area contributed by atoms with Crippen LogP contribution in [0.5, 0.6) is 0 Å². The first-order chi connectivity index (χ1) is 13.9. The number of carbonyl (C=O) groups excluding carboxylic acids is 1. The van der Waals surface area contributed by atoms with Gasteiger partial charge in [0.15, 0.2) is 5.65 Å². The van der Waals surface area contributed by atoms with Crippen molar-refractivity contribution in [3.8, 4) is 0 Å². The van der Waals surface area contributed by atoms with Crippen LogP contribution in [0.1, 0.15) is 57.6 Å². The van der Waals surface area contributed by atoms with E-state index in [2.05, 4.69) is 10.3 Å². The molecule has 4 N–H and O–H groups in total. The van der Waals surface area contributed by atoms with Gasteiger partial charge in [-0.25, -0.2) is 9.50 Å². The zero-order valence-corrected chi connectivity index (χ0v) is 17.0. The van der Waals surface area contributed by atoms with Crippen molar-refractivity contribution in [3.05, 3.63) is 35.8 Å². The van der Waals surface area contributed by atoms with E-state index in [-0.39, 0.29) is 22.6 Å². The van der Waals surface area contributed by atoms with Crippen LogP contribution in [0.4, 0.5) is 5.82 Å². The third-order valence-corrected chi connectivity index (χ3v) is 6.63. The minimum absolute atomic E-state index is 0.0444. The fourth-order valence-electron chi connectivity index (χ4n) is 4.65. The molecule has 0 radical (unpaired) electrons. The van der Waals surface area contributed by atoms with E-state index in [9.17, 15) is 4.79 Å². The number of esters is 1. The van der Waals surface area contributed by atoms with Crippen LogP contribution in [0, 0.1) is 10.8 Å². The van der Waals surface area contributed by atoms with Crippen molar-refractivity contribution in [2.75, 3.05) is 12.4 Å². The molecule has 0 aromatic carbocycles. The largest absolute Gasteiger partial charge is 0.469 e. The van der Waals surface area contributed by atoms with Gasteiger partial charge in [0.25, 0.3) is 0 Å². The standard InChI is InChI=1S/C21H28N6O2/c1-3-14(22)12-15(23)16-13-24-18-5-4-17(26-27(16)18)25-21-9-6-20(7-10-21,8-11-21)19(28)29-2/h4-5,12-13,23H,3,6-11,22H2,1-2H3,(H,25,26)/b14-12-,23-15?. The lowest BCUT2D eigenvalue weighted by Crippen LogP contribution is -2.53. The van der Waals surface area contributed by atoms with E-state index in [1.807, 2.05) is 19.1 Å². The van der Waals surface area contributed by atoms with Crippen molar-refractivity contribution in [2.24, 2.45) is 11.1 Å². The fourth-order valence-corrected chi connectivity index (χ4v) is 4.65. The molecule has 0 unspecified atom stereocenters. The van der Waals surface area contributed by atoms with E-state index in [1.165, 1.54) is 7.11 Å². The second-order valence-electron chi connectivity index (χ2n) is 8.30. The zero-order valence-electron chi connectivity index (χ0n) is 17.0. The van der Waals surface area contributed by atoms with Crippen molar-refractivity contribution in [2.45, 2.75) is 57.4 Å². The average molecular weight is 396 g/mol. The molecular formula is C21H28N6O2. The summed E-state index contributed by atoms with van der Waals surface area (Å²) in [6.45, 7) is 1.95. The molecule has 3 saturated carbocycles. The summed E-state index contributed by atoms with van der Waals surface area (Å²) in [5.74, 6) is 0.691. The Hall–Kier alpha value is -2.90. The highest BCUT2D eigenvalue weighted by Gasteiger charge is 2.53. The summed E-state index contributed by atoms with van der Waals surface area (Å²) in [5.41, 5.74) is 7.78. The highest BCUT2D eigenvalue weighted by Crippen LogP contribution is 2.53. The minimum Gasteiger partial charge on any atom is -0.469 e. The number of hydrogen-bond acceptors (Lipinski definition) is 7. The quantitative estimate of drug-likeness (QED) is 0.510. The molecule has 0 spiro atoms. The smallest absolute Gasteiger partial charge is 0.311 e. The van der Waals surface area contributed by atoms with Gasteiger partial charge >= 0.3 is 5.97 Å². The molecule has 0 aliphatic heterocycles. The summed E-state index contributed by atoms with van der Waals surface area (Å²) in [5, 5.41) is 16.7. The van der Waals surface area contributed by atoms with Gasteiger partial charge in [0, 0.05) is 11.2 Å². The number of methoxy groups -OCH3 is 1. The van der Waals surface area contributed by atoms with E-state index < -0.39 is 0 Å². The van der Waals surface area contributed by atoms with Crippen molar-refractivity contribution >= 4 is 23.1 Å². The zero-order chi connectivity index (χ0) is 20.6. The number of allylic oxidation sites excluding steroid dienone is 2. The first-order valence-electron chi connectivity index (χ1n) is 10.2. The lowest BCUT2D eigenvalue weighted by Gasteiger charge is -2.52. The number of anilines is 1. The highest BCUT2D eigenvalue weighted by molar-refractivity contribution is 6.05. The number of hydrogen-bond donors (Lipinski definition) is 3. The summed E-state index contributed by atoms with van der Waals surface area (Å²) in [4.78, 5) is 16.6. The van der Waals surface area contributed by atoms with E-state index in [1.54, 1.807) is 16.8 Å². The molecule has 0 atom stereocenters. The predicted octanol–water partition coefficient (Wildman–Crippen LogP) is 3.03. The molecule has 8 heteroatoms. The van der Waals surface area contributed by atoms with Crippen LogP contribution in [-0.2, 0) is 9.53 Å². The summed E-state index contributed by atoms with van der Waals surface area (Å²) in [7, 11) is 1.48. The van der Waals surface area contributed by atoms with Gasteiger partial charge < -0.3 is 15.8 Å². The van der Waals surface area contributed by atoms with Gasteiger partial charge in [0.1, 0.15) is 11.5 Å². The molecule has 2 aromatic heterocycles. The van der Waals surface area contributed by atoms with Crippen LogP contribution in [-0.4, -0.2) is 38.9 Å². The molecule has 154 valence electrons. The van der Waals surface area contributed by atoms with Crippen LogP contribution in [0.3, 0.4) is 0 Å². The van der Waals surface area contributed by atoms with Crippen molar-refractivity contribution in [1.29, 1.82) is 5.41 Å². The SMILES string of the molecule is CC/C(N)=C/C(=N)c1cnc2ccc(NC34CCC(C(=O)OC)(CC3)CC4)nn12. The second kappa shape index (κ2) is 7.17. The topological polar surface area (TPSA) is 118 Å². The lowest BCUT2D eigenvalue weighted by molar-refractivity contribution is -0.159. The Labute approximate surface area is 170 Å². The molecule has 0 saturated heterocycles. The number of nitrogens with one attached hydrogen (secondary N) is 2. The van der Waals surface area contributed by atoms with Gasteiger partial charge in [0.05, 0.1) is 24.4 Å². The van der Waals surface area contributed by atoms with Gasteiger partial charge in [-0.1, -0.05) is 6.92 Å². The molecule has 3 aliphatic rings. The van der Waals surface area contributed by atoms with E-state index in [0.717, 1.165) is 44.3 Å². The second-order valence-corrected chi connectivity index (χ2v) is 8.30. The minimum atomic E-state index is -0.298. The average Bonchev–Trinajstić information content (AvgIpc) is 3.17. The van der Waals surface area contributed by atoms with Crippen LogP contribution < -0.4 is 11.1 Å². The molecule has 2 aromatic rings. The number of ether oxygens (including phenoxy) is 1. The van der Waals surface area contributed by atoms with Crippen molar-refractivity contribution in [1.82, 2.24) is 14.6 Å². The van der Waals surface area contributed by atoms with Crippen molar-refractivity contribution in [3.63, 3.8) is 0 Å². The summed E-state index contributed by atoms with van der Waals surface area (Å²) in [6.07, 6.45) is 9.29. The molecular weight excluding hydrogens is 368 g/mol. The normalized spacial score (nSPS) is 26.5. The van der Waals surface area contributed by atoms with E-state index in [4.69, 9.17) is 21.0 Å². The van der Waals surface area contributed by atoms with Gasteiger partial charge in [0.2, 0.25) is 0 Å². The van der Waals surface area contributed by atoms with E-state index in [0.29, 0.717) is 23.5 Å². The lowest BCUT2D eigenvalue weighted by atomic mass is 9.57. The van der Waals surface area contributed by atoms with Crippen molar-refractivity contribution < 1.29 is 9.53 Å². The monoisotopic (exact) mass is 396 g/mol. The number of aromatic nitrogens is 3. The Morgan fingerprint density at radius 1 is 1.31 bits per heavy atom. The first-order valence-corrected chi connectivity index (χ1v) is 10.2. The maximum Gasteiger partial charge on any atom is 0.311 e. The maximum atomic E-state index is 12.2. The molecule has 2 bridgehead atoms. The molecule has 5 rings (SSSR count). The van der Waals surface area contributed by atoms with E-state index >= 15 is 0 Å². The Kier molecular flexibility index (Phi) is 4.80. The third kappa shape index (κ3) is 3.36. The van der Waals surface area contributed by atoms with Gasteiger partial charge in [-0.15, -0.1) is 5.10 Å². The molecule has 29 heavy (non-hydrogen) atoms. The summed E-state index contributed by atoms with van der Waals surface area (Å²) >= 11 is 0. The number of imidazole rings is 1.